The number of likely N-dealkylation sites (tertiary alicyclic amines) is 1. The standard InChI is InChI=1S/C32H34F4N4O3/c1-20(38-28(41)25-15-37-40(16-25)19-32(34,35)36)21-5-7-22(8-6-21)27(23-9-11-26(33)12-10-23)24-13-31(14-24)17-39(18-31)29(42)43-30(2,3)4/h5-12,15-16,20H,13-14,17-19H2,1-4H3,(H,38,41)/t20-/m1/s1. The topological polar surface area (TPSA) is 76.5 Å². The molecule has 7 nitrogen and oxygen atoms in total. The first-order chi connectivity index (χ1) is 20.1. The molecular weight excluding hydrogens is 564 g/mol. The van der Waals surface area contributed by atoms with Crippen molar-refractivity contribution in [2.75, 3.05) is 13.1 Å². The van der Waals surface area contributed by atoms with Crippen molar-refractivity contribution in [1.29, 1.82) is 0 Å². The van der Waals surface area contributed by atoms with E-state index in [0.717, 1.165) is 47.5 Å². The number of alkyl halides is 3. The average molecular weight is 599 g/mol. The van der Waals surface area contributed by atoms with Crippen LogP contribution in [0.4, 0.5) is 22.4 Å². The Balaban J connectivity index is 1.29. The summed E-state index contributed by atoms with van der Waals surface area (Å²) in [5, 5.41) is 6.43. The molecule has 1 atom stereocenters. The zero-order valence-electron chi connectivity index (χ0n) is 24.5. The lowest BCUT2D eigenvalue weighted by Gasteiger charge is -2.57. The molecule has 0 radical (unpaired) electrons. The molecule has 11 heteroatoms. The fourth-order valence-electron chi connectivity index (χ4n) is 5.72. The number of amides is 2. The molecule has 1 saturated heterocycles. The number of nitrogens with one attached hydrogen (secondary N) is 1. The quantitative estimate of drug-likeness (QED) is 0.313. The molecule has 5 rings (SSSR count). The Morgan fingerprint density at radius 3 is 2.12 bits per heavy atom. The predicted molar refractivity (Wildman–Crippen MR) is 153 cm³/mol. The first kappa shape index (κ1) is 30.3. The Labute approximate surface area is 247 Å². The molecule has 43 heavy (non-hydrogen) atoms. The molecule has 1 spiro atoms. The SMILES string of the molecule is C[C@@H](NC(=O)c1cnn(CC(F)(F)F)c1)c1ccc(C(=C2CC3(C2)CN(C(=O)OC(C)(C)C)C3)c2ccc(F)cc2)cc1. The molecule has 1 aliphatic carbocycles. The molecule has 228 valence electrons. The van der Waals surface area contributed by atoms with Crippen molar-refractivity contribution in [2.45, 2.75) is 64.9 Å². The number of benzene rings is 2. The van der Waals surface area contributed by atoms with Gasteiger partial charge in [-0.2, -0.15) is 18.3 Å². The molecule has 0 unspecified atom stereocenters. The van der Waals surface area contributed by atoms with Crippen molar-refractivity contribution >= 4 is 17.6 Å². The van der Waals surface area contributed by atoms with Crippen molar-refractivity contribution in [3.8, 4) is 0 Å². The van der Waals surface area contributed by atoms with Crippen molar-refractivity contribution < 1.29 is 31.9 Å². The minimum absolute atomic E-state index is 0.0180. The number of nitrogens with zero attached hydrogens (tertiary/aromatic N) is 3. The van der Waals surface area contributed by atoms with Crippen molar-refractivity contribution in [2.24, 2.45) is 5.41 Å². The van der Waals surface area contributed by atoms with Gasteiger partial charge in [0, 0.05) is 24.7 Å². The Kier molecular flexibility index (Phi) is 7.87. The second kappa shape index (κ2) is 11.2. The van der Waals surface area contributed by atoms with Gasteiger partial charge < -0.3 is 15.0 Å². The number of ether oxygens (including phenoxy) is 1. The lowest BCUT2D eigenvalue weighted by atomic mass is 9.59. The van der Waals surface area contributed by atoms with Crippen LogP contribution in [0.25, 0.3) is 5.57 Å². The summed E-state index contributed by atoms with van der Waals surface area (Å²) in [6.45, 7) is 7.31. The monoisotopic (exact) mass is 598 g/mol. The third kappa shape index (κ3) is 7.09. The molecule has 2 fully saturated rings. The van der Waals surface area contributed by atoms with Gasteiger partial charge in [0.15, 0.2) is 0 Å². The van der Waals surface area contributed by atoms with E-state index in [2.05, 4.69) is 10.4 Å². The third-order valence-electron chi connectivity index (χ3n) is 7.65. The number of rotatable bonds is 6. The second-order valence-corrected chi connectivity index (χ2v) is 12.5. The first-order valence-corrected chi connectivity index (χ1v) is 14.1. The zero-order chi connectivity index (χ0) is 31.2. The molecule has 2 amide bonds. The highest BCUT2D eigenvalue weighted by Crippen LogP contribution is 2.54. The third-order valence-corrected chi connectivity index (χ3v) is 7.65. The van der Waals surface area contributed by atoms with Gasteiger partial charge in [-0.15, -0.1) is 0 Å². The van der Waals surface area contributed by atoms with Crippen molar-refractivity contribution in [1.82, 2.24) is 20.0 Å². The number of carbonyl (C=O) groups excluding carboxylic acids is 2. The van der Waals surface area contributed by atoms with Crippen molar-refractivity contribution in [3.63, 3.8) is 0 Å². The number of aromatic nitrogens is 2. The lowest BCUT2D eigenvalue weighted by Crippen LogP contribution is -2.62. The van der Waals surface area contributed by atoms with Gasteiger partial charge in [-0.25, -0.2) is 9.18 Å². The van der Waals surface area contributed by atoms with Crippen LogP contribution in [0.5, 0.6) is 0 Å². The minimum atomic E-state index is -4.44. The maximum Gasteiger partial charge on any atom is 0.410 e. The lowest BCUT2D eigenvalue weighted by molar-refractivity contribution is -0.142. The summed E-state index contributed by atoms with van der Waals surface area (Å²) in [6.07, 6.45) is -0.931. The van der Waals surface area contributed by atoms with Crippen LogP contribution in [0.2, 0.25) is 0 Å². The highest BCUT2D eigenvalue weighted by atomic mass is 19.4. The maximum absolute atomic E-state index is 13.8. The summed E-state index contributed by atoms with van der Waals surface area (Å²) in [4.78, 5) is 26.8. The van der Waals surface area contributed by atoms with Crippen LogP contribution in [0.3, 0.4) is 0 Å². The molecule has 1 N–H and O–H groups in total. The second-order valence-electron chi connectivity index (χ2n) is 12.5. The van der Waals surface area contributed by atoms with Crippen LogP contribution in [0.1, 0.15) is 73.6 Å². The van der Waals surface area contributed by atoms with Crippen LogP contribution in [-0.4, -0.2) is 51.5 Å². The molecular formula is C32H34F4N4O3. The summed E-state index contributed by atoms with van der Waals surface area (Å²) in [6, 6.07) is 13.6. The van der Waals surface area contributed by atoms with Gasteiger partial charge >= 0.3 is 12.3 Å². The van der Waals surface area contributed by atoms with Crippen molar-refractivity contribution in [3.05, 3.63) is 94.6 Å². The van der Waals surface area contributed by atoms with Gasteiger partial charge in [-0.05, 0) is 74.9 Å². The van der Waals surface area contributed by atoms with E-state index in [4.69, 9.17) is 4.74 Å². The van der Waals surface area contributed by atoms with E-state index in [1.165, 1.54) is 17.7 Å². The number of carbonyl (C=O) groups is 2. The summed E-state index contributed by atoms with van der Waals surface area (Å²) < 4.78 is 57.8. The van der Waals surface area contributed by atoms with Crippen LogP contribution >= 0.6 is 0 Å². The van der Waals surface area contributed by atoms with Crippen LogP contribution in [-0.2, 0) is 11.3 Å². The van der Waals surface area contributed by atoms with E-state index in [1.54, 1.807) is 24.0 Å². The summed E-state index contributed by atoms with van der Waals surface area (Å²) in [7, 11) is 0. The Morgan fingerprint density at radius 2 is 1.56 bits per heavy atom. The Hall–Kier alpha value is -4.15. The van der Waals surface area contributed by atoms with Gasteiger partial charge in [0.1, 0.15) is 18.0 Å². The largest absolute Gasteiger partial charge is 0.444 e. The van der Waals surface area contributed by atoms with E-state index in [9.17, 15) is 27.2 Å². The molecule has 3 aromatic rings. The van der Waals surface area contributed by atoms with Gasteiger partial charge in [0.05, 0.1) is 17.8 Å². The molecule has 2 aromatic carbocycles. The van der Waals surface area contributed by atoms with Crippen LogP contribution < -0.4 is 5.32 Å². The van der Waals surface area contributed by atoms with E-state index in [1.807, 2.05) is 45.0 Å². The summed E-state index contributed by atoms with van der Waals surface area (Å²) in [5.41, 5.74) is 4.38. The highest BCUT2D eigenvalue weighted by molar-refractivity contribution is 5.94. The highest BCUT2D eigenvalue weighted by Gasteiger charge is 2.53. The fourth-order valence-corrected chi connectivity index (χ4v) is 5.72. The van der Waals surface area contributed by atoms with Gasteiger partial charge in [0.25, 0.3) is 5.91 Å². The maximum atomic E-state index is 13.8. The molecule has 2 aliphatic rings. The Morgan fingerprint density at radius 1 is 0.977 bits per heavy atom. The predicted octanol–water partition coefficient (Wildman–Crippen LogP) is 6.91. The molecule has 1 saturated carbocycles. The molecule has 1 aromatic heterocycles. The number of allylic oxidation sites excluding steroid dienone is 1. The summed E-state index contributed by atoms with van der Waals surface area (Å²) in [5.74, 6) is -0.853. The van der Waals surface area contributed by atoms with Gasteiger partial charge in [-0.1, -0.05) is 42.0 Å². The zero-order valence-corrected chi connectivity index (χ0v) is 24.5. The normalized spacial score (nSPS) is 16.7. The molecule has 0 bridgehead atoms. The number of hydrogen-bond acceptors (Lipinski definition) is 4. The summed E-state index contributed by atoms with van der Waals surface area (Å²) >= 11 is 0. The van der Waals surface area contributed by atoms with E-state index in [0.29, 0.717) is 17.8 Å². The van der Waals surface area contributed by atoms with E-state index in [-0.39, 0.29) is 22.9 Å². The smallest absolute Gasteiger partial charge is 0.410 e. The minimum Gasteiger partial charge on any atom is -0.444 e. The van der Waals surface area contributed by atoms with Crippen LogP contribution in [0, 0.1) is 11.2 Å². The van der Waals surface area contributed by atoms with E-state index < -0.39 is 30.3 Å². The number of halogens is 4. The van der Waals surface area contributed by atoms with E-state index >= 15 is 0 Å². The molecule has 1 aliphatic heterocycles. The van der Waals surface area contributed by atoms with Gasteiger partial charge in [0.2, 0.25) is 0 Å². The Bertz CT molecular complexity index is 1520. The van der Waals surface area contributed by atoms with Gasteiger partial charge in [-0.3, -0.25) is 9.48 Å². The average Bonchev–Trinajstić information content (AvgIpc) is 3.31. The van der Waals surface area contributed by atoms with Crippen LogP contribution in [0.15, 0.2) is 66.5 Å². The first-order valence-electron chi connectivity index (χ1n) is 14.1. The molecule has 2 heterocycles. The fraction of sp³-hybridized carbons (Fsp3) is 0.406. The number of hydrogen-bond donors (Lipinski definition) is 1.